The standard InChI is InChI=1S/C16H23FN2S/c1-2-16-11-19(5-6-20-16)15-8-12(7-13(17)9-15)10-18-14-3-4-14/h7-9,14,16,18H,2-6,10-11H2,1H3. The zero-order valence-electron chi connectivity index (χ0n) is 12.1. The minimum absolute atomic E-state index is 0.110. The summed E-state index contributed by atoms with van der Waals surface area (Å²) in [6, 6.07) is 6.16. The fourth-order valence-electron chi connectivity index (χ4n) is 2.67. The summed E-state index contributed by atoms with van der Waals surface area (Å²) in [6.07, 6.45) is 3.72. The molecule has 2 fully saturated rings. The van der Waals surface area contributed by atoms with Crippen LogP contribution in [-0.4, -0.2) is 30.1 Å². The minimum Gasteiger partial charge on any atom is -0.370 e. The molecule has 0 aromatic heterocycles. The molecule has 1 atom stereocenters. The van der Waals surface area contributed by atoms with E-state index >= 15 is 0 Å². The van der Waals surface area contributed by atoms with Crippen molar-refractivity contribution in [2.75, 3.05) is 23.7 Å². The molecule has 2 aliphatic rings. The average molecular weight is 294 g/mol. The largest absolute Gasteiger partial charge is 0.370 e. The van der Waals surface area contributed by atoms with E-state index < -0.39 is 0 Å². The zero-order valence-corrected chi connectivity index (χ0v) is 12.9. The summed E-state index contributed by atoms with van der Waals surface area (Å²) in [4.78, 5) is 2.34. The Morgan fingerprint density at radius 2 is 2.20 bits per heavy atom. The third-order valence-corrected chi connectivity index (χ3v) is 5.45. The van der Waals surface area contributed by atoms with Gasteiger partial charge in [-0.1, -0.05) is 6.92 Å². The van der Waals surface area contributed by atoms with Gasteiger partial charge in [0.25, 0.3) is 0 Å². The normalized spacial score (nSPS) is 23.1. The van der Waals surface area contributed by atoms with Crippen molar-refractivity contribution < 1.29 is 4.39 Å². The summed E-state index contributed by atoms with van der Waals surface area (Å²) in [5, 5.41) is 4.14. The molecule has 1 unspecified atom stereocenters. The van der Waals surface area contributed by atoms with Gasteiger partial charge in [-0.05, 0) is 43.0 Å². The highest BCUT2D eigenvalue weighted by Crippen LogP contribution is 2.27. The van der Waals surface area contributed by atoms with Gasteiger partial charge in [-0.3, -0.25) is 0 Å². The van der Waals surface area contributed by atoms with Gasteiger partial charge in [-0.2, -0.15) is 11.8 Å². The monoisotopic (exact) mass is 294 g/mol. The van der Waals surface area contributed by atoms with Crippen molar-refractivity contribution >= 4 is 17.4 Å². The fourth-order valence-corrected chi connectivity index (χ4v) is 3.85. The molecule has 0 radical (unpaired) electrons. The van der Waals surface area contributed by atoms with Crippen LogP contribution in [0.2, 0.25) is 0 Å². The molecular formula is C16H23FN2S. The zero-order chi connectivity index (χ0) is 13.9. The van der Waals surface area contributed by atoms with Gasteiger partial charge in [0.2, 0.25) is 0 Å². The molecule has 1 aliphatic carbocycles. The first-order valence-electron chi connectivity index (χ1n) is 7.64. The number of benzene rings is 1. The van der Waals surface area contributed by atoms with Crippen LogP contribution < -0.4 is 10.2 Å². The molecule has 1 aliphatic heterocycles. The first-order valence-corrected chi connectivity index (χ1v) is 8.69. The lowest BCUT2D eigenvalue weighted by Gasteiger charge is -2.34. The second kappa shape index (κ2) is 6.35. The van der Waals surface area contributed by atoms with Crippen molar-refractivity contribution in [2.45, 2.75) is 44.0 Å². The van der Waals surface area contributed by atoms with Crippen LogP contribution in [0.5, 0.6) is 0 Å². The third-order valence-electron chi connectivity index (χ3n) is 4.07. The molecule has 0 amide bonds. The Morgan fingerprint density at radius 3 is 2.95 bits per heavy atom. The van der Waals surface area contributed by atoms with Gasteiger partial charge >= 0.3 is 0 Å². The van der Waals surface area contributed by atoms with Crippen molar-refractivity contribution in [1.29, 1.82) is 0 Å². The summed E-state index contributed by atoms with van der Waals surface area (Å²) >= 11 is 2.04. The number of nitrogens with zero attached hydrogens (tertiary/aromatic N) is 1. The summed E-state index contributed by atoms with van der Waals surface area (Å²) in [5.74, 6) is 1.03. The van der Waals surface area contributed by atoms with E-state index in [9.17, 15) is 4.39 Å². The molecule has 1 heterocycles. The van der Waals surface area contributed by atoms with Crippen LogP contribution >= 0.6 is 11.8 Å². The van der Waals surface area contributed by atoms with E-state index in [2.05, 4.69) is 23.2 Å². The Bertz CT molecular complexity index is 462. The van der Waals surface area contributed by atoms with E-state index in [0.717, 1.165) is 36.6 Å². The molecule has 1 saturated carbocycles. The Hall–Kier alpha value is -0.740. The van der Waals surface area contributed by atoms with Crippen molar-refractivity contribution in [1.82, 2.24) is 5.32 Å². The Balaban J connectivity index is 1.70. The Morgan fingerprint density at radius 1 is 1.35 bits per heavy atom. The first-order chi connectivity index (χ1) is 9.74. The summed E-state index contributed by atoms with van der Waals surface area (Å²) in [7, 11) is 0. The first kappa shape index (κ1) is 14.2. The predicted octanol–water partition coefficient (Wildman–Crippen LogP) is 3.41. The molecular weight excluding hydrogens is 271 g/mol. The van der Waals surface area contributed by atoms with Crippen LogP contribution in [0.15, 0.2) is 18.2 Å². The lowest BCUT2D eigenvalue weighted by Crippen LogP contribution is -2.37. The van der Waals surface area contributed by atoms with Gasteiger partial charge in [0.05, 0.1) is 0 Å². The Kier molecular flexibility index (Phi) is 4.51. The maximum absolute atomic E-state index is 13.8. The SMILES string of the molecule is CCC1CN(c2cc(F)cc(CNC3CC3)c2)CCS1. The van der Waals surface area contributed by atoms with Crippen molar-refractivity contribution in [3.63, 3.8) is 0 Å². The number of thioether (sulfide) groups is 1. The molecule has 3 rings (SSSR count). The highest BCUT2D eigenvalue weighted by Gasteiger charge is 2.22. The summed E-state index contributed by atoms with van der Waals surface area (Å²) in [6.45, 7) is 5.09. The summed E-state index contributed by atoms with van der Waals surface area (Å²) in [5.41, 5.74) is 2.12. The summed E-state index contributed by atoms with van der Waals surface area (Å²) < 4.78 is 13.8. The topological polar surface area (TPSA) is 15.3 Å². The predicted molar refractivity (Wildman–Crippen MR) is 85.0 cm³/mol. The number of halogens is 1. The lowest BCUT2D eigenvalue weighted by atomic mass is 10.1. The molecule has 1 aromatic rings. The number of anilines is 1. The third kappa shape index (κ3) is 3.67. The number of nitrogens with one attached hydrogen (secondary N) is 1. The molecule has 0 spiro atoms. The van der Waals surface area contributed by atoms with Gasteiger partial charge in [0.1, 0.15) is 5.82 Å². The van der Waals surface area contributed by atoms with Gasteiger partial charge in [-0.15, -0.1) is 0 Å². The smallest absolute Gasteiger partial charge is 0.125 e. The molecule has 110 valence electrons. The highest BCUT2D eigenvalue weighted by atomic mass is 32.2. The highest BCUT2D eigenvalue weighted by molar-refractivity contribution is 8.00. The maximum Gasteiger partial charge on any atom is 0.125 e. The quantitative estimate of drug-likeness (QED) is 0.896. The second-order valence-corrected chi connectivity index (χ2v) is 7.23. The number of hydrogen-bond acceptors (Lipinski definition) is 3. The maximum atomic E-state index is 13.8. The van der Waals surface area contributed by atoms with Crippen LogP contribution in [-0.2, 0) is 6.54 Å². The van der Waals surface area contributed by atoms with E-state index in [-0.39, 0.29) is 5.82 Å². The van der Waals surface area contributed by atoms with Crippen molar-refractivity contribution in [3.05, 3.63) is 29.6 Å². The number of rotatable bonds is 5. The molecule has 1 saturated heterocycles. The second-order valence-electron chi connectivity index (χ2n) is 5.82. The van der Waals surface area contributed by atoms with E-state index in [1.165, 1.54) is 19.3 Å². The van der Waals surface area contributed by atoms with Crippen LogP contribution in [0.1, 0.15) is 31.7 Å². The molecule has 1 N–H and O–H groups in total. The molecule has 2 nitrogen and oxygen atoms in total. The van der Waals surface area contributed by atoms with E-state index in [1.807, 2.05) is 11.8 Å². The molecule has 20 heavy (non-hydrogen) atoms. The van der Waals surface area contributed by atoms with Crippen LogP contribution in [0.4, 0.5) is 10.1 Å². The Labute approximate surface area is 125 Å². The average Bonchev–Trinajstić information content (AvgIpc) is 3.29. The molecule has 4 heteroatoms. The minimum atomic E-state index is -0.110. The van der Waals surface area contributed by atoms with Gasteiger partial charge in [-0.25, -0.2) is 4.39 Å². The van der Waals surface area contributed by atoms with Crippen molar-refractivity contribution in [3.8, 4) is 0 Å². The van der Waals surface area contributed by atoms with E-state index in [4.69, 9.17) is 0 Å². The lowest BCUT2D eigenvalue weighted by molar-refractivity contribution is 0.617. The molecule has 1 aromatic carbocycles. The van der Waals surface area contributed by atoms with Crippen LogP contribution in [0.3, 0.4) is 0 Å². The van der Waals surface area contributed by atoms with Crippen molar-refractivity contribution in [2.24, 2.45) is 0 Å². The van der Waals surface area contributed by atoms with Gasteiger partial charge in [0.15, 0.2) is 0 Å². The number of hydrogen-bond donors (Lipinski definition) is 1. The van der Waals surface area contributed by atoms with Crippen LogP contribution in [0, 0.1) is 5.82 Å². The van der Waals surface area contributed by atoms with E-state index in [0.29, 0.717) is 11.3 Å². The molecule has 0 bridgehead atoms. The van der Waals surface area contributed by atoms with E-state index in [1.54, 1.807) is 12.1 Å². The van der Waals surface area contributed by atoms with Gasteiger partial charge in [0, 0.05) is 42.4 Å². The fraction of sp³-hybridized carbons (Fsp3) is 0.625. The van der Waals surface area contributed by atoms with Crippen LogP contribution in [0.25, 0.3) is 0 Å². The van der Waals surface area contributed by atoms with Gasteiger partial charge < -0.3 is 10.2 Å².